The summed E-state index contributed by atoms with van der Waals surface area (Å²) < 4.78 is 25.0. The molecular formula is C12H14N2O2S. The lowest BCUT2D eigenvalue weighted by Gasteiger charge is -2.07. The van der Waals surface area contributed by atoms with Gasteiger partial charge in [-0.2, -0.15) is 0 Å². The highest BCUT2D eigenvalue weighted by Gasteiger charge is 2.31. The molecule has 0 radical (unpaired) electrons. The van der Waals surface area contributed by atoms with Gasteiger partial charge in [0.2, 0.25) is 0 Å². The van der Waals surface area contributed by atoms with Crippen LogP contribution in [0.2, 0.25) is 0 Å². The van der Waals surface area contributed by atoms with E-state index < -0.39 is 9.84 Å². The summed E-state index contributed by atoms with van der Waals surface area (Å²) in [6.45, 7) is 2.03. The molecule has 0 amide bonds. The number of aryl methyl sites for hydroxylation is 1. The van der Waals surface area contributed by atoms with Crippen LogP contribution in [0.4, 0.5) is 0 Å². The Labute approximate surface area is 100 Å². The van der Waals surface area contributed by atoms with E-state index in [2.05, 4.69) is 4.98 Å². The molecule has 0 aliphatic carbocycles. The third kappa shape index (κ3) is 1.74. The van der Waals surface area contributed by atoms with E-state index in [1.165, 1.54) is 0 Å². The van der Waals surface area contributed by atoms with Crippen molar-refractivity contribution in [2.24, 2.45) is 0 Å². The van der Waals surface area contributed by atoms with Crippen LogP contribution in [0.5, 0.6) is 0 Å². The van der Waals surface area contributed by atoms with E-state index in [9.17, 15) is 8.42 Å². The molecule has 1 unspecified atom stereocenters. The molecule has 1 fully saturated rings. The molecule has 5 heteroatoms. The molecule has 0 N–H and O–H groups in total. The predicted molar refractivity (Wildman–Crippen MR) is 65.9 cm³/mol. The fourth-order valence-electron chi connectivity index (χ4n) is 2.48. The first-order valence-electron chi connectivity index (χ1n) is 5.70. The van der Waals surface area contributed by atoms with Crippen LogP contribution in [0.15, 0.2) is 24.5 Å². The largest absolute Gasteiger partial charge is 0.303 e. The minimum Gasteiger partial charge on any atom is -0.303 e. The zero-order chi connectivity index (χ0) is 12.0. The molecule has 17 heavy (non-hydrogen) atoms. The van der Waals surface area contributed by atoms with E-state index in [-0.39, 0.29) is 11.7 Å². The number of hydrogen-bond donors (Lipinski definition) is 0. The third-order valence-electron chi connectivity index (χ3n) is 3.41. The summed E-state index contributed by atoms with van der Waals surface area (Å²) in [6, 6.07) is 4.00. The quantitative estimate of drug-likeness (QED) is 0.771. The Morgan fingerprint density at radius 2 is 2.29 bits per heavy atom. The molecule has 1 atom stereocenters. The fourth-order valence-corrected chi connectivity index (χ4v) is 4.22. The first-order chi connectivity index (χ1) is 8.07. The molecule has 0 saturated carbocycles. The van der Waals surface area contributed by atoms with Gasteiger partial charge < -0.3 is 4.40 Å². The lowest BCUT2D eigenvalue weighted by molar-refractivity contribution is 0.601. The molecule has 2 aromatic heterocycles. The molecule has 2 aromatic rings. The second kappa shape index (κ2) is 3.57. The Balaban J connectivity index is 2.11. The monoisotopic (exact) mass is 250 g/mol. The summed E-state index contributed by atoms with van der Waals surface area (Å²) in [5.74, 6) is 1.45. The number of fused-ring (bicyclic) bond motifs is 1. The Bertz CT molecular complexity index is 673. The van der Waals surface area contributed by atoms with E-state index in [1.807, 2.05) is 35.9 Å². The number of pyridine rings is 1. The van der Waals surface area contributed by atoms with Crippen LogP contribution in [-0.2, 0) is 9.84 Å². The predicted octanol–water partition coefficient (Wildman–Crippen LogP) is 1.54. The van der Waals surface area contributed by atoms with Gasteiger partial charge in [-0.3, -0.25) is 0 Å². The minimum atomic E-state index is -2.85. The maximum Gasteiger partial charge on any atom is 0.151 e. The molecule has 90 valence electrons. The molecule has 0 spiro atoms. The molecule has 1 aliphatic rings. The standard InChI is InChI=1S/C12H14N2O2S/c1-9-3-2-5-14-11(9)7-13-12(14)10-4-6-17(15,16)8-10/h2-3,5,7,10H,4,6,8H2,1H3. The number of imidazole rings is 1. The van der Waals surface area contributed by atoms with Crippen LogP contribution >= 0.6 is 0 Å². The van der Waals surface area contributed by atoms with Crippen molar-refractivity contribution in [2.75, 3.05) is 11.5 Å². The number of rotatable bonds is 1. The topological polar surface area (TPSA) is 51.4 Å². The summed E-state index contributed by atoms with van der Waals surface area (Å²) in [6.07, 6.45) is 4.47. The lowest BCUT2D eigenvalue weighted by Crippen LogP contribution is -2.07. The van der Waals surface area contributed by atoms with Crippen LogP contribution in [0.1, 0.15) is 23.7 Å². The Morgan fingerprint density at radius 3 is 3.00 bits per heavy atom. The van der Waals surface area contributed by atoms with Crippen molar-refractivity contribution in [3.63, 3.8) is 0 Å². The number of sulfone groups is 1. The fraction of sp³-hybridized carbons (Fsp3) is 0.417. The maximum atomic E-state index is 11.5. The van der Waals surface area contributed by atoms with E-state index in [0.717, 1.165) is 16.9 Å². The normalized spacial score (nSPS) is 23.2. The van der Waals surface area contributed by atoms with Crippen LogP contribution in [0.3, 0.4) is 0 Å². The molecule has 1 aliphatic heterocycles. The van der Waals surface area contributed by atoms with Crippen molar-refractivity contribution in [1.29, 1.82) is 0 Å². The van der Waals surface area contributed by atoms with Gasteiger partial charge in [0.15, 0.2) is 9.84 Å². The van der Waals surface area contributed by atoms with E-state index >= 15 is 0 Å². The second-order valence-electron chi connectivity index (χ2n) is 4.66. The first kappa shape index (κ1) is 10.8. The van der Waals surface area contributed by atoms with Crippen LogP contribution in [0.25, 0.3) is 5.52 Å². The van der Waals surface area contributed by atoms with Gasteiger partial charge >= 0.3 is 0 Å². The van der Waals surface area contributed by atoms with Crippen molar-refractivity contribution in [3.8, 4) is 0 Å². The third-order valence-corrected chi connectivity index (χ3v) is 5.18. The summed E-state index contributed by atoms with van der Waals surface area (Å²) >= 11 is 0. The SMILES string of the molecule is Cc1cccn2c(C3CCS(=O)(=O)C3)ncc12. The number of hydrogen-bond acceptors (Lipinski definition) is 3. The molecule has 0 aromatic carbocycles. The van der Waals surface area contributed by atoms with Crippen molar-refractivity contribution in [2.45, 2.75) is 19.3 Å². The summed E-state index contributed by atoms with van der Waals surface area (Å²) in [5, 5.41) is 0. The van der Waals surface area contributed by atoms with Gasteiger partial charge in [0, 0.05) is 12.1 Å². The Morgan fingerprint density at radius 1 is 1.47 bits per heavy atom. The molecule has 3 heterocycles. The highest BCUT2D eigenvalue weighted by atomic mass is 32.2. The van der Waals surface area contributed by atoms with Crippen molar-refractivity contribution >= 4 is 15.4 Å². The first-order valence-corrected chi connectivity index (χ1v) is 7.52. The Kier molecular flexibility index (Phi) is 2.26. The van der Waals surface area contributed by atoms with Crippen LogP contribution < -0.4 is 0 Å². The van der Waals surface area contributed by atoms with E-state index in [0.29, 0.717) is 12.2 Å². The van der Waals surface area contributed by atoms with Gasteiger partial charge in [-0.15, -0.1) is 0 Å². The molecule has 0 bridgehead atoms. The van der Waals surface area contributed by atoms with Crippen molar-refractivity contribution in [1.82, 2.24) is 9.38 Å². The Hall–Kier alpha value is -1.36. The number of aromatic nitrogens is 2. The van der Waals surface area contributed by atoms with E-state index in [1.54, 1.807) is 0 Å². The minimum absolute atomic E-state index is 0.0456. The number of nitrogens with zero attached hydrogens (tertiary/aromatic N) is 2. The average molecular weight is 250 g/mol. The second-order valence-corrected chi connectivity index (χ2v) is 6.89. The van der Waals surface area contributed by atoms with Gasteiger partial charge in [0.05, 0.1) is 23.2 Å². The van der Waals surface area contributed by atoms with Crippen LogP contribution in [0, 0.1) is 6.92 Å². The molecule has 4 nitrogen and oxygen atoms in total. The van der Waals surface area contributed by atoms with E-state index in [4.69, 9.17) is 0 Å². The van der Waals surface area contributed by atoms with Crippen molar-refractivity contribution in [3.05, 3.63) is 35.9 Å². The van der Waals surface area contributed by atoms with Gasteiger partial charge in [-0.1, -0.05) is 6.07 Å². The maximum absolute atomic E-state index is 11.5. The van der Waals surface area contributed by atoms with Gasteiger partial charge in [0.1, 0.15) is 5.82 Å². The smallest absolute Gasteiger partial charge is 0.151 e. The van der Waals surface area contributed by atoms with Gasteiger partial charge in [0.25, 0.3) is 0 Å². The molecule has 3 rings (SSSR count). The average Bonchev–Trinajstić information content (AvgIpc) is 2.82. The zero-order valence-electron chi connectivity index (χ0n) is 9.63. The highest BCUT2D eigenvalue weighted by molar-refractivity contribution is 7.91. The lowest BCUT2D eigenvalue weighted by atomic mass is 10.1. The van der Waals surface area contributed by atoms with Gasteiger partial charge in [-0.05, 0) is 25.0 Å². The zero-order valence-corrected chi connectivity index (χ0v) is 10.4. The molecule has 1 saturated heterocycles. The summed E-state index contributed by atoms with van der Waals surface area (Å²) in [5.41, 5.74) is 2.22. The summed E-state index contributed by atoms with van der Waals surface area (Å²) in [4.78, 5) is 4.40. The van der Waals surface area contributed by atoms with Gasteiger partial charge in [-0.25, -0.2) is 13.4 Å². The summed E-state index contributed by atoms with van der Waals surface area (Å²) in [7, 11) is -2.85. The molecular weight excluding hydrogens is 236 g/mol. The van der Waals surface area contributed by atoms with Crippen LogP contribution in [-0.4, -0.2) is 29.3 Å². The van der Waals surface area contributed by atoms with Crippen molar-refractivity contribution < 1.29 is 8.42 Å². The highest BCUT2D eigenvalue weighted by Crippen LogP contribution is 2.28.